The molecule has 0 heterocycles. The van der Waals surface area contributed by atoms with Gasteiger partial charge >= 0.3 is 5.97 Å². The second kappa shape index (κ2) is 7.32. The lowest BCUT2D eigenvalue weighted by Gasteiger charge is -2.06. The molecule has 0 saturated heterocycles. The van der Waals surface area contributed by atoms with Crippen LogP contribution in [0.1, 0.15) is 12.0 Å². The van der Waals surface area contributed by atoms with Crippen LogP contribution in [0, 0.1) is 10.1 Å². The third kappa shape index (κ3) is 5.06. The highest BCUT2D eigenvalue weighted by Gasteiger charge is 2.15. The first kappa shape index (κ1) is 15.7. The molecular formula is C11H13ClN2O4S. The number of nitrogens with zero attached hydrogens (tertiary/aromatic N) is 1. The van der Waals surface area contributed by atoms with Crippen molar-refractivity contribution >= 4 is 35.0 Å². The maximum absolute atomic E-state index is 10.8. The molecule has 1 unspecified atom stereocenters. The average molecular weight is 305 g/mol. The van der Waals surface area contributed by atoms with Crippen molar-refractivity contribution in [3.05, 3.63) is 38.9 Å². The maximum atomic E-state index is 10.8. The Kier molecular flexibility index (Phi) is 6.07. The largest absolute Gasteiger partial charge is 0.480 e. The predicted molar refractivity (Wildman–Crippen MR) is 74.5 cm³/mol. The van der Waals surface area contributed by atoms with Crippen molar-refractivity contribution in [2.75, 3.05) is 5.75 Å². The number of carbonyl (C=O) groups is 1. The third-order valence-corrected chi connectivity index (χ3v) is 3.66. The molecule has 0 aromatic heterocycles. The van der Waals surface area contributed by atoms with Gasteiger partial charge in [-0.25, -0.2) is 0 Å². The Morgan fingerprint density at radius 1 is 1.58 bits per heavy atom. The summed E-state index contributed by atoms with van der Waals surface area (Å²) in [5.74, 6) is -0.144. The fourth-order valence-electron chi connectivity index (χ4n) is 1.36. The summed E-state index contributed by atoms with van der Waals surface area (Å²) in [4.78, 5) is 20.9. The number of thioether (sulfide) groups is 1. The third-order valence-electron chi connectivity index (χ3n) is 2.39. The summed E-state index contributed by atoms with van der Waals surface area (Å²) in [5, 5.41) is 19.9. The number of carboxylic acid groups (broad SMARTS) is 1. The Labute approximate surface area is 119 Å². The standard InChI is InChI=1S/C11H13ClN2O4S/c12-8-1-2-10(14(17)18)7(5-8)6-19-4-3-9(13)11(15)16/h1-2,5,9H,3-4,6,13H2,(H,15,16). The second-order valence-electron chi connectivity index (χ2n) is 3.82. The molecule has 0 radical (unpaired) electrons. The van der Waals surface area contributed by atoms with E-state index in [9.17, 15) is 14.9 Å². The number of nitro groups is 1. The van der Waals surface area contributed by atoms with E-state index in [1.165, 1.54) is 23.9 Å². The van der Waals surface area contributed by atoms with E-state index in [4.69, 9.17) is 22.4 Å². The van der Waals surface area contributed by atoms with Gasteiger partial charge in [-0.1, -0.05) is 11.6 Å². The Balaban J connectivity index is 2.55. The maximum Gasteiger partial charge on any atom is 0.320 e. The Morgan fingerprint density at radius 3 is 2.84 bits per heavy atom. The van der Waals surface area contributed by atoms with Crippen LogP contribution in [0.5, 0.6) is 0 Å². The van der Waals surface area contributed by atoms with Crippen LogP contribution in [-0.2, 0) is 10.5 Å². The highest BCUT2D eigenvalue weighted by atomic mass is 35.5. The van der Waals surface area contributed by atoms with E-state index in [1.807, 2.05) is 0 Å². The van der Waals surface area contributed by atoms with Gasteiger partial charge in [0.25, 0.3) is 5.69 Å². The minimum Gasteiger partial charge on any atom is -0.480 e. The number of hydrogen-bond acceptors (Lipinski definition) is 5. The molecule has 104 valence electrons. The fraction of sp³-hybridized carbons (Fsp3) is 0.364. The Bertz CT molecular complexity index is 484. The van der Waals surface area contributed by atoms with Crippen molar-refractivity contribution in [2.45, 2.75) is 18.2 Å². The summed E-state index contributed by atoms with van der Waals surface area (Å²) in [6.45, 7) is 0. The highest BCUT2D eigenvalue weighted by Crippen LogP contribution is 2.26. The quantitative estimate of drug-likeness (QED) is 0.454. The van der Waals surface area contributed by atoms with Crippen LogP contribution in [0.4, 0.5) is 5.69 Å². The topological polar surface area (TPSA) is 106 Å². The summed E-state index contributed by atoms with van der Waals surface area (Å²) in [6, 6.07) is 3.47. The van der Waals surface area contributed by atoms with E-state index in [0.29, 0.717) is 28.5 Å². The van der Waals surface area contributed by atoms with Crippen molar-refractivity contribution < 1.29 is 14.8 Å². The molecule has 0 bridgehead atoms. The first-order valence-electron chi connectivity index (χ1n) is 5.40. The molecule has 1 rings (SSSR count). The summed E-state index contributed by atoms with van der Waals surface area (Å²) < 4.78 is 0. The van der Waals surface area contributed by atoms with Crippen LogP contribution in [0.25, 0.3) is 0 Å². The monoisotopic (exact) mass is 304 g/mol. The highest BCUT2D eigenvalue weighted by molar-refractivity contribution is 7.98. The van der Waals surface area contributed by atoms with Gasteiger partial charge in [0.05, 0.1) is 4.92 Å². The zero-order valence-corrected chi connectivity index (χ0v) is 11.5. The molecule has 0 amide bonds. The van der Waals surface area contributed by atoms with Gasteiger partial charge < -0.3 is 10.8 Å². The number of hydrogen-bond donors (Lipinski definition) is 2. The Hall–Kier alpha value is -1.31. The molecular weight excluding hydrogens is 292 g/mol. The van der Waals surface area contributed by atoms with Crippen molar-refractivity contribution in [2.24, 2.45) is 5.73 Å². The van der Waals surface area contributed by atoms with Crippen LogP contribution in [0.2, 0.25) is 5.02 Å². The molecule has 19 heavy (non-hydrogen) atoms. The van der Waals surface area contributed by atoms with Crippen molar-refractivity contribution in [1.82, 2.24) is 0 Å². The number of nitro benzene ring substituents is 1. The van der Waals surface area contributed by atoms with Crippen LogP contribution in [0.15, 0.2) is 18.2 Å². The van der Waals surface area contributed by atoms with Crippen LogP contribution in [-0.4, -0.2) is 27.8 Å². The minimum absolute atomic E-state index is 0.0134. The second-order valence-corrected chi connectivity index (χ2v) is 5.36. The molecule has 0 saturated carbocycles. The molecule has 1 atom stereocenters. The number of benzene rings is 1. The van der Waals surface area contributed by atoms with E-state index < -0.39 is 16.9 Å². The summed E-state index contributed by atoms with van der Waals surface area (Å²) in [7, 11) is 0. The molecule has 0 aliphatic carbocycles. The molecule has 0 spiro atoms. The normalized spacial score (nSPS) is 12.1. The Morgan fingerprint density at radius 2 is 2.26 bits per heavy atom. The van der Waals surface area contributed by atoms with Crippen LogP contribution >= 0.6 is 23.4 Å². The van der Waals surface area contributed by atoms with Gasteiger partial charge in [-0.3, -0.25) is 14.9 Å². The van der Waals surface area contributed by atoms with Crippen LogP contribution in [0.3, 0.4) is 0 Å². The molecule has 6 nitrogen and oxygen atoms in total. The minimum atomic E-state index is -1.05. The zero-order chi connectivity index (χ0) is 14.4. The fourth-order valence-corrected chi connectivity index (χ4v) is 2.57. The van der Waals surface area contributed by atoms with E-state index >= 15 is 0 Å². The van der Waals surface area contributed by atoms with Gasteiger partial charge in [-0.05, 0) is 24.3 Å². The average Bonchev–Trinajstić information content (AvgIpc) is 2.33. The van der Waals surface area contributed by atoms with Gasteiger partial charge in [-0.15, -0.1) is 0 Å². The van der Waals surface area contributed by atoms with Crippen molar-refractivity contribution in [3.63, 3.8) is 0 Å². The number of halogens is 1. The molecule has 0 aliphatic heterocycles. The van der Waals surface area contributed by atoms with Gasteiger partial charge in [0.1, 0.15) is 6.04 Å². The number of aliphatic carboxylic acids is 1. The number of carboxylic acids is 1. The van der Waals surface area contributed by atoms with Gasteiger partial charge in [-0.2, -0.15) is 11.8 Å². The van der Waals surface area contributed by atoms with Gasteiger partial charge in [0, 0.05) is 22.4 Å². The zero-order valence-electron chi connectivity index (χ0n) is 9.91. The summed E-state index contributed by atoms with van der Waals surface area (Å²) >= 11 is 7.18. The van der Waals surface area contributed by atoms with Gasteiger partial charge in [0.15, 0.2) is 0 Å². The first-order valence-corrected chi connectivity index (χ1v) is 6.94. The van der Waals surface area contributed by atoms with E-state index in [1.54, 1.807) is 6.07 Å². The van der Waals surface area contributed by atoms with Crippen molar-refractivity contribution in [3.8, 4) is 0 Å². The lowest BCUT2D eigenvalue weighted by molar-refractivity contribution is -0.385. The molecule has 0 fully saturated rings. The number of rotatable bonds is 7. The van der Waals surface area contributed by atoms with Crippen molar-refractivity contribution in [1.29, 1.82) is 0 Å². The molecule has 8 heteroatoms. The summed E-state index contributed by atoms with van der Waals surface area (Å²) in [5.41, 5.74) is 5.89. The van der Waals surface area contributed by atoms with E-state index in [2.05, 4.69) is 0 Å². The first-order chi connectivity index (χ1) is 8.91. The number of nitrogens with two attached hydrogens (primary N) is 1. The smallest absolute Gasteiger partial charge is 0.320 e. The lowest BCUT2D eigenvalue weighted by atomic mass is 10.2. The van der Waals surface area contributed by atoms with E-state index in [-0.39, 0.29) is 5.69 Å². The molecule has 3 N–H and O–H groups in total. The van der Waals surface area contributed by atoms with Gasteiger partial charge in [0.2, 0.25) is 0 Å². The summed E-state index contributed by atoms with van der Waals surface area (Å²) in [6.07, 6.45) is 0.314. The van der Waals surface area contributed by atoms with E-state index in [0.717, 1.165) is 0 Å². The molecule has 0 aliphatic rings. The molecule has 1 aromatic carbocycles. The SMILES string of the molecule is NC(CCSCc1cc(Cl)ccc1[N+](=O)[O-])C(=O)O. The van der Waals surface area contributed by atoms with Crippen LogP contribution < -0.4 is 5.73 Å². The molecule has 1 aromatic rings. The lowest BCUT2D eigenvalue weighted by Crippen LogP contribution is -2.30. The predicted octanol–water partition coefficient (Wildman–Crippen LogP) is 2.28.